The van der Waals surface area contributed by atoms with E-state index in [0.29, 0.717) is 5.92 Å². The molecule has 0 N–H and O–H groups in total. The van der Waals surface area contributed by atoms with Crippen molar-refractivity contribution in [1.29, 1.82) is 0 Å². The fourth-order valence-electron chi connectivity index (χ4n) is 2.10. The zero-order valence-electron chi connectivity index (χ0n) is 7.22. The van der Waals surface area contributed by atoms with Gasteiger partial charge in [-0.25, -0.2) is 0 Å². The molecule has 1 aliphatic heterocycles. The molecule has 1 heterocycles. The van der Waals surface area contributed by atoms with E-state index < -0.39 is 0 Å². The number of hydrogen-bond donors (Lipinski definition) is 0. The number of halogens is 1. The summed E-state index contributed by atoms with van der Waals surface area (Å²) in [5.41, 5.74) is 1.19. The molecule has 2 aliphatic rings. The van der Waals surface area contributed by atoms with E-state index >= 15 is 0 Å². The molecule has 0 aromatic heterocycles. The molecule has 2 rings (SSSR count). The van der Waals surface area contributed by atoms with Gasteiger partial charge in [-0.15, -0.1) is 0 Å². The van der Waals surface area contributed by atoms with Gasteiger partial charge in [-0.1, -0.05) is 30.9 Å². The van der Waals surface area contributed by atoms with Gasteiger partial charge in [0.05, 0.1) is 17.3 Å². The molecule has 1 aliphatic carbocycles. The largest absolute Gasteiger partial charge is 0.284 e. The Labute approximate surface area is 78.5 Å². The van der Waals surface area contributed by atoms with Crippen LogP contribution in [0.25, 0.3) is 0 Å². The Kier molecular flexibility index (Phi) is 2.50. The van der Waals surface area contributed by atoms with Crippen molar-refractivity contribution < 1.29 is 0 Å². The Morgan fingerprint density at radius 1 is 1.25 bits per heavy atom. The highest BCUT2D eigenvalue weighted by Crippen LogP contribution is 2.30. The second-order valence-electron chi connectivity index (χ2n) is 3.61. The number of rotatable bonds is 1. The van der Waals surface area contributed by atoms with Gasteiger partial charge in [0.2, 0.25) is 0 Å². The van der Waals surface area contributed by atoms with Crippen LogP contribution in [0.1, 0.15) is 32.1 Å². The zero-order valence-corrected chi connectivity index (χ0v) is 7.98. The summed E-state index contributed by atoms with van der Waals surface area (Å²) in [4.78, 5) is 4.43. The van der Waals surface area contributed by atoms with Gasteiger partial charge in [0.15, 0.2) is 0 Å². The van der Waals surface area contributed by atoms with Gasteiger partial charge in [-0.3, -0.25) is 4.99 Å². The molecule has 1 fully saturated rings. The maximum atomic E-state index is 6.04. The molecule has 0 spiro atoms. The Bertz CT molecular complexity index is 224. The van der Waals surface area contributed by atoms with E-state index in [0.717, 1.165) is 11.6 Å². The molecule has 0 bridgehead atoms. The molecule has 1 saturated carbocycles. The van der Waals surface area contributed by atoms with E-state index in [1.807, 2.05) is 6.08 Å². The number of nitrogens with zero attached hydrogens (tertiary/aromatic N) is 1. The van der Waals surface area contributed by atoms with Gasteiger partial charge < -0.3 is 0 Å². The molecule has 0 unspecified atom stereocenters. The molecule has 0 saturated heterocycles. The maximum absolute atomic E-state index is 6.04. The molecular weight excluding hydrogens is 170 g/mol. The predicted molar refractivity (Wildman–Crippen MR) is 52.8 cm³/mol. The quantitative estimate of drug-likeness (QED) is 0.592. The monoisotopic (exact) mass is 183 g/mol. The Morgan fingerprint density at radius 2 is 2.00 bits per heavy atom. The summed E-state index contributed by atoms with van der Waals surface area (Å²) in [6.45, 7) is 0.810. The first-order valence-electron chi connectivity index (χ1n) is 4.78. The number of hydrogen-bond acceptors (Lipinski definition) is 1. The molecule has 1 nitrogen and oxygen atoms in total. The summed E-state index contributed by atoms with van der Waals surface area (Å²) in [7, 11) is 0. The van der Waals surface area contributed by atoms with Crippen LogP contribution in [-0.4, -0.2) is 12.3 Å². The Hall–Kier alpha value is -0.300. The smallest absolute Gasteiger partial charge is 0.0598 e. The van der Waals surface area contributed by atoms with Crippen LogP contribution in [0.2, 0.25) is 0 Å². The van der Waals surface area contributed by atoms with Gasteiger partial charge in [0.1, 0.15) is 0 Å². The van der Waals surface area contributed by atoms with Crippen LogP contribution in [0.5, 0.6) is 0 Å². The molecule has 0 radical (unpaired) electrons. The first-order valence-corrected chi connectivity index (χ1v) is 5.16. The van der Waals surface area contributed by atoms with Gasteiger partial charge in [0.25, 0.3) is 0 Å². The number of allylic oxidation sites excluding steroid dienone is 1. The molecule has 0 aromatic carbocycles. The van der Waals surface area contributed by atoms with Crippen molar-refractivity contribution in [3.05, 3.63) is 11.1 Å². The molecule has 66 valence electrons. The molecular formula is C10H14ClN. The van der Waals surface area contributed by atoms with Crippen molar-refractivity contribution in [3.8, 4) is 0 Å². The van der Waals surface area contributed by atoms with Crippen molar-refractivity contribution in [2.45, 2.75) is 32.1 Å². The lowest BCUT2D eigenvalue weighted by molar-refractivity contribution is 0.440. The third kappa shape index (κ3) is 1.56. The third-order valence-electron chi connectivity index (χ3n) is 2.77. The topological polar surface area (TPSA) is 12.4 Å². The third-order valence-corrected chi connectivity index (χ3v) is 3.12. The summed E-state index contributed by atoms with van der Waals surface area (Å²) >= 11 is 6.04. The van der Waals surface area contributed by atoms with Crippen LogP contribution in [0.3, 0.4) is 0 Å². The van der Waals surface area contributed by atoms with Crippen LogP contribution >= 0.6 is 11.6 Å². The summed E-state index contributed by atoms with van der Waals surface area (Å²) < 4.78 is 0. The van der Waals surface area contributed by atoms with Gasteiger partial charge in [0, 0.05) is 5.92 Å². The van der Waals surface area contributed by atoms with E-state index in [-0.39, 0.29) is 0 Å². The first-order chi connectivity index (χ1) is 5.88. The van der Waals surface area contributed by atoms with Crippen LogP contribution < -0.4 is 0 Å². The van der Waals surface area contributed by atoms with Crippen LogP contribution in [-0.2, 0) is 0 Å². The average Bonchev–Trinajstić information content (AvgIpc) is 2.53. The molecule has 12 heavy (non-hydrogen) atoms. The second-order valence-corrected chi connectivity index (χ2v) is 4.02. The van der Waals surface area contributed by atoms with Crippen LogP contribution in [0.4, 0.5) is 0 Å². The summed E-state index contributed by atoms with van der Waals surface area (Å²) in [5, 5.41) is 0.918. The van der Waals surface area contributed by atoms with Gasteiger partial charge in [-0.05, 0) is 18.9 Å². The highest BCUT2D eigenvalue weighted by molar-refractivity contribution is 6.44. The van der Waals surface area contributed by atoms with E-state index in [2.05, 4.69) is 4.99 Å². The van der Waals surface area contributed by atoms with Gasteiger partial charge in [-0.2, -0.15) is 0 Å². The second kappa shape index (κ2) is 3.61. The minimum atomic E-state index is 0.671. The lowest BCUT2D eigenvalue weighted by Gasteiger charge is -2.21. The average molecular weight is 184 g/mol. The minimum Gasteiger partial charge on any atom is -0.284 e. The zero-order chi connectivity index (χ0) is 8.39. The normalized spacial score (nSPS) is 25.4. The van der Waals surface area contributed by atoms with Crippen molar-refractivity contribution in [2.75, 3.05) is 6.54 Å². The highest BCUT2D eigenvalue weighted by atomic mass is 35.5. The Balaban J connectivity index is 2.03. The van der Waals surface area contributed by atoms with E-state index in [1.165, 1.54) is 37.8 Å². The molecule has 0 atom stereocenters. The predicted octanol–water partition coefficient (Wildman–Crippen LogP) is 3.14. The van der Waals surface area contributed by atoms with Crippen molar-refractivity contribution in [2.24, 2.45) is 10.9 Å². The van der Waals surface area contributed by atoms with Crippen molar-refractivity contribution in [3.63, 3.8) is 0 Å². The fourth-order valence-corrected chi connectivity index (χ4v) is 2.39. The first kappa shape index (κ1) is 8.31. The Morgan fingerprint density at radius 3 is 2.58 bits per heavy atom. The van der Waals surface area contributed by atoms with Crippen molar-refractivity contribution >= 4 is 17.3 Å². The fraction of sp³-hybridized carbons (Fsp3) is 0.700. The summed E-state index contributed by atoms with van der Waals surface area (Å²) in [6.07, 6.45) is 8.71. The standard InChI is InChI=1S/C10H14ClN/c11-9-6-7-12-10(9)8-4-2-1-3-5-8/h6,8H,1-5,7H2. The lowest BCUT2D eigenvalue weighted by Crippen LogP contribution is -2.16. The van der Waals surface area contributed by atoms with Crippen LogP contribution in [0, 0.1) is 5.92 Å². The van der Waals surface area contributed by atoms with Crippen molar-refractivity contribution in [1.82, 2.24) is 0 Å². The maximum Gasteiger partial charge on any atom is 0.0598 e. The van der Waals surface area contributed by atoms with E-state index in [9.17, 15) is 0 Å². The van der Waals surface area contributed by atoms with E-state index in [4.69, 9.17) is 11.6 Å². The summed E-state index contributed by atoms with van der Waals surface area (Å²) in [6, 6.07) is 0. The highest BCUT2D eigenvalue weighted by Gasteiger charge is 2.22. The SMILES string of the molecule is ClC1=CCN=C1C1CCCCC1. The lowest BCUT2D eigenvalue weighted by atomic mass is 9.86. The number of aliphatic imine (C=N–C) groups is 1. The summed E-state index contributed by atoms with van der Waals surface area (Å²) in [5.74, 6) is 0.671. The minimum absolute atomic E-state index is 0.671. The molecule has 2 heteroatoms. The van der Waals surface area contributed by atoms with Gasteiger partial charge >= 0.3 is 0 Å². The molecule has 0 amide bonds. The van der Waals surface area contributed by atoms with Crippen LogP contribution in [0.15, 0.2) is 16.1 Å². The van der Waals surface area contributed by atoms with E-state index in [1.54, 1.807) is 0 Å². The molecule has 0 aromatic rings.